The highest BCUT2D eigenvalue weighted by molar-refractivity contribution is 5.45. The van der Waals surface area contributed by atoms with E-state index in [2.05, 4.69) is 31.1 Å². The number of aryl methyl sites for hydroxylation is 1. The number of benzene rings is 1. The second kappa shape index (κ2) is 4.23. The van der Waals surface area contributed by atoms with Gasteiger partial charge >= 0.3 is 0 Å². The molecule has 0 saturated heterocycles. The minimum absolute atomic E-state index is 0.800. The van der Waals surface area contributed by atoms with Gasteiger partial charge < -0.3 is 10.6 Å². The van der Waals surface area contributed by atoms with Gasteiger partial charge in [-0.2, -0.15) is 0 Å². The van der Waals surface area contributed by atoms with E-state index in [9.17, 15) is 0 Å². The highest BCUT2D eigenvalue weighted by Crippen LogP contribution is 2.27. The van der Waals surface area contributed by atoms with Crippen LogP contribution in [0, 0.1) is 5.92 Å². The standard InChI is InChI=1S/C13H20N2/c1-15(2)9-10-3-4-11-5-6-13(14)8-12(11)7-10/h5-6,8,10H,3-4,7,9,14H2,1-2H3/t10-/m1/s1. The Bertz CT molecular complexity index is 344. The van der Waals surface area contributed by atoms with E-state index in [1.165, 1.54) is 36.9 Å². The van der Waals surface area contributed by atoms with Crippen LogP contribution in [0.3, 0.4) is 0 Å². The van der Waals surface area contributed by atoms with Gasteiger partial charge in [-0.05, 0) is 62.5 Å². The quantitative estimate of drug-likeness (QED) is 0.746. The molecule has 0 radical (unpaired) electrons. The van der Waals surface area contributed by atoms with Crippen LogP contribution in [0.1, 0.15) is 17.5 Å². The van der Waals surface area contributed by atoms with Gasteiger partial charge in [-0.3, -0.25) is 0 Å². The van der Waals surface area contributed by atoms with Gasteiger partial charge in [-0.25, -0.2) is 0 Å². The van der Waals surface area contributed by atoms with Crippen molar-refractivity contribution in [1.82, 2.24) is 4.90 Å². The van der Waals surface area contributed by atoms with Crippen molar-refractivity contribution in [2.75, 3.05) is 26.4 Å². The lowest BCUT2D eigenvalue weighted by Crippen LogP contribution is -2.26. The Balaban J connectivity index is 2.11. The lowest BCUT2D eigenvalue weighted by atomic mass is 9.83. The van der Waals surface area contributed by atoms with E-state index >= 15 is 0 Å². The largest absolute Gasteiger partial charge is 0.399 e. The molecule has 0 aliphatic heterocycles. The molecule has 1 aliphatic rings. The fraction of sp³-hybridized carbons (Fsp3) is 0.538. The Labute approximate surface area is 92.1 Å². The second-order valence-electron chi connectivity index (χ2n) is 4.90. The Morgan fingerprint density at radius 2 is 2.13 bits per heavy atom. The minimum Gasteiger partial charge on any atom is -0.399 e. The van der Waals surface area contributed by atoms with Crippen molar-refractivity contribution >= 4 is 5.69 Å². The second-order valence-corrected chi connectivity index (χ2v) is 4.90. The van der Waals surface area contributed by atoms with Gasteiger partial charge in [0.05, 0.1) is 0 Å². The maximum atomic E-state index is 5.82. The lowest BCUT2D eigenvalue weighted by molar-refractivity contribution is 0.303. The summed E-state index contributed by atoms with van der Waals surface area (Å²) in [5, 5.41) is 0. The molecule has 2 rings (SSSR count). The van der Waals surface area contributed by atoms with Crippen LogP contribution in [0.5, 0.6) is 0 Å². The van der Waals surface area contributed by atoms with Gasteiger partial charge in [0.15, 0.2) is 0 Å². The van der Waals surface area contributed by atoms with E-state index in [1.54, 1.807) is 0 Å². The summed E-state index contributed by atoms with van der Waals surface area (Å²) in [5.41, 5.74) is 9.69. The highest BCUT2D eigenvalue weighted by Gasteiger charge is 2.18. The molecule has 0 bridgehead atoms. The molecule has 1 aliphatic carbocycles. The van der Waals surface area contributed by atoms with Crippen molar-refractivity contribution in [3.63, 3.8) is 0 Å². The molecule has 0 fully saturated rings. The summed E-state index contributed by atoms with van der Waals surface area (Å²) in [7, 11) is 4.30. The molecule has 0 amide bonds. The predicted octanol–water partition coefficient (Wildman–Crippen LogP) is 1.94. The van der Waals surface area contributed by atoms with Crippen molar-refractivity contribution in [3.05, 3.63) is 29.3 Å². The first kappa shape index (κ1) is 10.5. The van der Waals surface area contributed by atoms with E-state index in [-0.39, 0.29) is 0 Å². The number of hydrogen-bond donors (Lipinski definition) is 1. The summed E-state index contributed by atoms with van der Waals surface area (Å²) in [5.74, 6) is 0.800. The van der Waals surface area contributed by atoms with Crippen molar-refractivity contribution in [3.8, 4) is 0 Å². The maximum absolute atomic E-state index is 5.82. The number of fused-ring (bicyclic) bond motifs is 1. The smallest absolute Gasteiger partial charge is 0.0316 e. The van der Waals surface area contributed by atoms with E-state index in [0.29, 0.717) is 0 Å². The fourth-order valence-corrected chi connectivity index (χ4v) is 2.52. The third-order valence-electron chi connectivity index (χ3n) is 3.18. The third kappa shape index (κ3) is 2.51. The zero-order valence-electron chi connectivity index (χ0n) is 9.66. The van der Waals surface area contributed by atoms with Gasteiger partial charge in [0.1, 0.15) is 0 Å². The number of nitrogens with two attached hydrogens (primary N) is 1. The van der Waals surface area contributed by atoms with Crippen LogP contribution >= 0.6 is 0 Å². The van der Waals surface area contributed by atoms with Gasteiger partial charge in [-0.15, -0.1) is 0 Å². The molecule has 0 spiro atoms. The Kier molecular flexibility index (Phi) is 2.96. The molecule has 2 N–H and O–H groups in total. The number of anilines is 1. The summed E-state index contributed by atoms with van der Waals surface area (Å²) in [6.07, 6.45) is 3.72. The average molecular weight is 204 g/mol. The summed E-state index contributed by atoms with van der Waals surface area (Å²) in [4.78, 5) is 2.28. The number of hydrogen-bond acceptors (Lipinski definition) is 2. The fourth-order valence-electron chi connectivity index (χ4n) is 2.52. The first-order valence-corrected chi connectivity index (χ1v) is 5.67. The van der Waals surface area contributed by atoms with Crippen molar-refractivity contribution in [1.29, 1.82) is 0 Å². The van der Waals surface area contributed by atoms with Crippen molar-refractivity contribution < 1.29 is 0 Å². The summed E-state index contributed by atoms with van der Waals surface area (Å²) in [6, 6.07) is 6.36. The Hall–Kier alpha value is -1.02. The SMILES string of the molecule is CN(C)C[C@@H]1CCc2ccc(N)cc2C1. The summed E-state index contributed by atoms with van der Waals surface area (Å²) >= 11 is 0. The van der Waals surface area contributed by atoms with Gasteiger partial charge in [0, 0.05) is 12.2 Å². The molecular weight excluding hydrogens is 184 g/mol. The molecule has 2 heteroatoms. The molecule has 2 nitrogen and oxygen atoms in total. The van der Waals surface area contributed by atoms with Crippen molar-refractivity contribution in [2.24, 2.45) is 5.92 Å². The maximum Gasteiger partial charge on any atom is 0.0316 e. The number of rotatable bonds is 2. The molecule has 1 atom stereocenters. The topological polar surface area (TPSA) is 29.3 Å². The van der Waals surface area contributed by atoms with E-state index < -0.39 is 0 Å². The molecule has 82 valence electrons. The third-order valence-corrected chi connectivity index (χ3v) is 3.18. The first-order valence-electron chi connectivity index (χ1n) is 5.67. The molecule has 0 saturated carbocycles. The molecular formula is C13H20N2. The molecule has 0 unspecified atom stereocenters. The van der Waals surface area contributed by atoms with Crippen LogP contribution in [0.4, 0.5) is 5.69 Å². The summed E-state index contributed by atoms with van der Waals surface area (Å²) in [6.45, 7) is 1.19. The summed E-state index contributed by atoms with van der Waals surface area (Å²) < 4.78 is 0. The average Bonchev–Trinajstić information content (AvgIpc) is 2.16. The van der Waals surface area contributed by atoms with Gasteiger partial charge in [0.25, 0.3) is 0 Å². The van der Waals surface area contributed by atoms with E-state index in [0.717, 1.165) is 11.6 Å². The van der Waals surface area contributed by atoms with Gasteiger partial charge in [-0.1, -0.05) is 6.07 Å². The van der Waals surface area contributed by atoms with Crippen LogP contribution in [0.15, 0.2) is 18.2 Å². The molecule has 0 aromatic heterocycles. The van der Waals surface area contributed by atoms with Gasteiger partial charge in [0.2, 0.25) is 0 Å². The number of nitrogen functional groups attached to an aromatic ring is 1. The van der Waals surface area contributed by atoms with Crippen LogP contribution < -0.4 is 5.73 Å². The molecule has 1 aromatic carbocycles. The zero-order valence-corrected chi connectivity index (χ0v) is 9.66. The Morgan fingerprint density at radius 3 is 2.87 bits per heavy atom. The molecule has 0 heterocycles. The Morgan fingerprint density at radius 1 is 1.33 bits per heavy atom. The number of nitrogens with zero attached hydrogens (tertiary/aromatic N) is 1. The first-order chi connectivity index (χ1) is 7.15. The lowest BCUT2D eigenvalue weighted by Gasteiger charge is -2.27. The van der Waals surface area contributed by atoms with Crippen LogP contribution in [0.25, 0.3) is 0 Å². The molecule has 1 aromatic rings. The predicted molar refractivity (Wildman–Crippen MR) is 64.9 cm³/mol. The minimum atomic E-state index is 0.800. The van der Waals surface area contributed by atoms with Crippen LogP contribution in [-0.4, -0.2) is 25.5 Å². The van der Waals surface area contributed by atoms with E-state index in [4.69, 9.17) is 5.73 Å². The monoisotopic (exact) mass is 204 g/mol. The normalized spacial score (nSPS) is 20.3. The molecule has 15 heavy (non-hydrogen) atoms. The zero-order chi connectivity index (χ0) is 10.8. The highest BCUT2D eigenvalue weighted by atomic mass is 15.1. The van der Waals surface area contributed by atoms with Crippen LogP contribution in [0.2, 0.25) is 0 Å². The van der Waals surface area contributed by atoms with E-state index in [1.807, 2.05) is 6.07 Å². The van der Waals surface area contributed by atoms with Crippen LogP contribution in [-0.2, 0) is 12.8 Å². The van der Waals surface area contributed by atoms with Crippen molar-refractivity contribution in [2.45, 2.75) is 19.3 Å².